The first-order valence-electron chi connectivity index (χ1n) is 12.4. The lowest BCUT2D eigenvalue weighted by molar-refractivity contribution is 0.0633. The molecule has 0 bridgehead atoms. The van der Waals surface area contributed by atoms with Crippen molar-refractivity contribution in [3.8, 4) is 0 Å². The van der Waals surface area contributed by atoms with Crippen LogP contribution in [0.3, 0.4) is 0 Å². The SMILES string of the molecule is CCN1CCN(C(=O)c2cc3cc(NC(=O)c4cccc(F)c4)ccc3n2Cc2cccc(F)c2)CC1. The maximum atomic E-state index is 13.9. The number of aromatic nitrogens is 1. The van der Waals surface area contributed by atoms with Crippen LogP contribution in [-0.4, -0.2) is 58.9 Å². The number of likely N-dealkylation sites (N-methyl/N-ethyl adjacent to an activating group) is 1. The number of anilines is 1. The van der Waals surface area contributed by atoms with Gasteiger partial charge in [-0.25, -0.2) is 8.78 Å². The van der Waals surface area contributed by atoms with Gasteiger partial charge >= 0.3 is 0 Å². The Balaban J connectivity index is 1.48. The molecule has 1 saturated heterocycles. The van der Waals surface area contributed by atoms with Crippen LogP contribution in [0.5, 0.6) is 0 Å². The lowest BCUT2D eigenvalue weighted by Gasteiger charge is -2.34. The maximum absolute atomic E-state index is 13.9. The van der Waals surface area contributed by atoms with Crippen molar-refractivity contribution in [1.29, 1.82) is 0 Å². The van der Waals surface area contributed by atoms with Crippen LogP contribution in [0, 0.1) is 11.6 Å². The summed E-state index contributed by atoms with van der Waals surface area (Å²) >= 11 is 0. The normalized spacial score (nSPS) is 14.2. The summed E-state index contributed by atoms with van der Waals surface area (Å²) in [5.41, 5.74) is 2.79. The number of carbonyl (C=O) groups is 2. The number of benzene rings is 3. The summed E-state index contributed by atoms with van der Waals surface area (Å²) in [5.74, 6) is -1.32. The molecule has 2 heterocycles. The van der Waals surface area contributed by atoms with Crippen molar-refractivity contribution in [3.63, 3.8) is 0 Å². The molecule has 5 rings (SSSR count). The van der Waals surface area contributed by atoms with Crippen LogP contribution in [0.15, 0.2) is 72.8 Å². The van der Waals surface area contributed by atoms with Crippen LogP contribution in [-0.2, 0) is 6.54 Å². The van der Waals surface area contributed by atoms with E-state index in [2.05, 4.69) is 17.1 Å². The lowest BCUT2D eigenvalue weighted by atomic mass is 10.2. The van der Waals surface area contributed by atoms with Crippen LogP contribution in [0.4, 0.5) is 14.5 Å². The molecule has 0 aliphatic carbocycles. The van der Waals surface area contributed by atoms with Crippen molar-refractivity contribution in [1.82, 2.24) is 14.4 Å². The Kier molecular flexibility index (Phi) is 7.01. The predicted molar refractivity (Wildman–Crippen MR) is 140 cm³/mol. The molecule has 1 aromatic heterocycles. The summed E-state index contributed by atoms with van der Waals surface area (Å²) in [4.78, 5) is 30.4. The van der Waals surface area contributed by atoms with E-state index in [0.29, 0.717) is 31.0 Å². The molecular formula is C29H28F2N4O2. The predicted octanol–water partition coefficient (Wildman–Crippen LogP) is 5.00. The summed E-state index contributed by atoms with van der Waals surface area (Å²) in [6.45, 7) is 6.31. The van der Waals surface area contributed by atoms with E-state index in [1.165, 1.54) is 30.3 Å². The summed E-state index contributed by atoms with van der Waals surface area (Å²) in [6.07, 6.45) is 0. The largest absolute Gasteiger partial charge is 0.335 e. The summed E-state index contributed by atoms with van der Waals surface area (Å²) in [7, 11) is 0. The van der Waals surface area contributed by atoms with Crippen molar-refractivity contribution in [2.45, 2.75) is 13.5 Å². The van der Waals surface area contributed by atoms with Gasteiger partial charge in [0.2, 0.25) is 0 Å². The van der Waals surface area contributed by atoms with Gasteiger partial charge < -0.3 is 19.7 Å². The second-order valence-electron chi connectivity index (χ2n) is 9.21. The van der Waals surface area contributed by atoms with Crippen LogP contribution < -0.4 is 5.32 Å². The van der Waals surface area contributed by atoms with Gasteiger partial charge in [-0.05, 0) is 66.7 Å². The topological polar surface area (TPSA) is 57.6 Å². The molecule has 0 radical (unpaired) electrons. The number of hydrogen-bond acceptors (Lipinski definition) is 3. The second kappa shape index (κ2) is 10.5. The summed E-state index contributed by atoms with van der Waals surface area (Å²) < 4.78 is 29.4. The molecule has 0 atom stereocenters. The Hall–Kier alpha value is -4.04. The quantitative estimate of drug-likeness (QED) is 0.404. The summed E-state index contributed by atoms with van der Waals surface area (Å²) in [6, 6.07) is 19.0. The monoisotopic (exact) mass is 502 g/mol. The van der Waals surface area contributed by atoms with Gasteiger partial charge in [-0.3, -0.25) is 9.59 Å². The molecule has 190 valence electrons. The van der Waals surface area contributed by atoms with Gasteiger partial charge in [0, 0.05) is 54.9 Å². The lowest BCUT2D eigenvalue weighted by Crippen LogP contribution is -2.48. The van der Waals surface area contributed by atoms with E-state index in [0.717, 1.165) is 36.1 Å². The molecule has 1 aliphatic rings. The Morgan fingerprint density at radius 2 is 1.59 bits per heavy atom. The Morgan fingerprint density at radius 1 is 0.865 bits per heavy atom. The minimum atomic E-state index is -0.486. The molecule has 0 spiro atoms. The molecule has 1 aliphatic heterocycles. The number of hydrogen-bond donors (Lipinski definition) is 1. The van der Waals surface area contributed by atoms with E-state index >= 15 is 0 Å². The molecule has 2 amide bonds. The van der Waals surface area contributed by atoms with Gasteiger partial charge in [-0.2, -0.15) is 0 Å². The molecule has 8 heteroatoms. The third-order valence-corrected chi connectivity index (χ3v) is 6.80. The molecule has 1 N–H and O–H groups in total. The third-order valence-electron chi connectivity index (χ3n) is 6.80. The van der Waals surface area contributed by atoms with E-state index < -0.39 is 11.7 Å². The number of fused-ring (bicyclic) bond motifs is 1. The summed E-state index contributed by atoms with van der Waals surface area (Å²) in [5, 5.41) is 3.57. The molecule has 0 unspecified atom stereocenters. The first-order chi connectivity index (χ1) is 17.9. The van der Waals surface area contributed by atoms with Gasteiger partial charge in [-0.15, -0.1) is 0 Å². The van der Waals surface area contributed by atoms with E-state index in [9.17, 15) is 18.4 Å². The number of nitrogens with zero attached hydrogens (tertiary/aromatic N) is 3. The van der Waals surface area contributed by atoms with Gasteiger partial charge in [0.25, 0.3) is 11.8 Å². The van der Waals surface area contributed by atoms with Crippen LogP contribution >= 0.6 is 0 Å². The van der Waals surface area contributed by atoms with Crippen LogP contribution in [0.1, 0.15) is 33.3 Å². The highest BCUT2D eigenvalue weighted by atomic mass is 19.1. The molecule has 1 fully saturated rings. The standard InChI is InChI=1S/C29H28F2N4O2/c1-2-33-11-13-34(14-12-33)29(37)27-18-22-17-25(32-28(36)21-6-4-8-24(31)16-21)9-10-26(22)35(27)19-20-5-3-7-23(30)15-20/h3-10,15-18H,2,11-14,19H2,1H3,(H,32,36). The number of halogens is 2. The molecule has 0 saturated carbocycles. The number of carbonyl (C=O) groups excluding carboxylic acids is 2. The molecular weight excluding hydrogens is 474 g/mol. The van der Waals surface area contributed by atoms with Crippen molar-refractivity contribution in [2.75, 3.05) is 38.0 Å². The zero-order valence-corrected chi connectivity index (χ0v) is 20.6. The highest BCUT2D eigenvalue weighted by Gasteiger charge is 2.25. The number of piperazine rings is 1. The van der Waals surface area contributed by atoms with Crippen molar-refractivity contribution in [2.24, 2.45) is 0 Å². The number of amides is 2. The average molecular weight is 503 g/mol. The molecule has 4 aromatic rings. The fourth-order valence-electron chi connectivity index (χ4n) is 4.78. The van der Waals surface area contributed by atoms with E-state index in [1.807, 2.05) is 27.7 Å². The first-order valence-corrected chi connectivity index (χ1v) is 12.4. The second-order valence-corrected chi connectivity index (χ2v) is 9.21. The van der Waals surface area contributed by atoms with E-state index in [-0.39, 0.29) is 17.3 Å². The minimum absolute atomic E-state index is 0.0753. The third kappa shape index (κ3) is 5.39. The smallest absolute Gasteiger partial charge is 0.270 e. The van der Waals surface area contributed by atoms with Crippen molar-refractivity contribution >= 4 is 28.4 Å². The Morgan fingerprint density at radius 3 is 2.30 bits per heavy atom. The van der Waals surface area contributed by atoms with Crippen LogP contribution in [0.2, 0.25) is 0 Å². The zero-order chi connectivity index (χ0) is 25.9. The fraction of sp³-hybridized carbons (Fsp3) is 0.241. The van der Waals surface area contributed by atoms with Crippen molar-refractivity contribution < 1.29 is 18.4 Å². The van der Waals surface area contributed by atoms with E-state index in [4.69, 9.17) is 0 Å². The molecule has 37 heavy (non-hydrogen) atoms. The average Bonchev–Trinajstić information content (AvgIpc) is 3.25. The van der Waals surface area contributed by atoms with Gasteiger partial charge in [-0.1, -0.05) is 25.1 Å². The van der Waals surface area contributed by atoms with Gasteiger partial charge in [0.05, 0.1) is 0 Å². The maximum Gasteiger partial charge on any atom is 0.270 e. The Bertz CT molecular complexity index is 1460. The Labute approximate surface area is 214 Å². The fourth-order valence-corrected chi connectivity index (χ4v) is 4.78. The van der Waals surface area contributed by atoms with Gasteiger partial charge in [0.1, 0.15) is 17.3 Å². The van der Waals surface area contributed by atoms with Crippen LogP contribution in [0.25, 0.3) is 10.9 Å². The number of rotatable bonds is 6. The first kappa shape index (κ1) is 24.6. The highest BCUT2D eigenvalue weighted by Crippen LogP contribution is 2.27. The van der Waals surface area contributed by atoms with Gasteiger partial charge in [0.15, 0.2) is 0 Å². The zero-order valence-electron chi connectivity index (χ0n) is 20.6. The number of nitrogens with one attached hydrogen (secondary N) is 1. The molecule has 6 nitrogen and oxygen atoms in total. The van der Waals surface area contributed by atoms with Crippen molar-refractivity contribution in [3.05, 3.63) is 101 Å². The minimum Gasteiger partial charge on any atom is -0.335 e. The van der Waals surface area contributed by atoms with E-state index in [1.54, 1.807) is 24.3 Å². The highest BCUT2D eigenvalue weighted by molar-refractivity contribution is 6.06. The molecule has 3 aromatic carbocycles.